The number of Topliss-reactive ketones (excluding diaryl/α,β-unsaturated/α-hetero) is 1. The van der Waals surface area contributed by atoms with E-state index in [-0.39, 0.29) is 16.5 Å². The quantitative estimate of drug-likeness (QED) is 0.0875. The van der Waals surface area contributed by atoms with Crippen LogP contribution < -0.4 is 14.4 Å². The number of aliphatic hydroxyl groups excluding tert-OH is 1. The number of anilines is 1. The molecule has 8 nitrogen and oxygen atoms in total. The highest BCUT2D eigenvalue weighted by Crippen LogP contribution is 2.44. The van der Waals surface area contributed by atoms with Crippen molar-refractivity contribution in [1.82, 2.24) is 10.2 Å². The first-order chi connectivity index (χ1) is 18.9. The van der Waals surface area contributed by atoms with Gasteiger partial charge in [-0.05, 0) is 53.6 Å². The molecule has 0 spiro atoms. The first-order valence-electron chi connectivity index (χ1n) is 11.7. The number of carbonyl (C=O) groups is 2. The Morgan fingerprint density at radius 3 is 2.46 bits per heavy atom. The molecule has 1 aromatic heterocycles. The summed E-state index contributed by atoms with van der Waals surface area (Å²) in [6.07, 6.45) is 0. The summed E-state index contributed by atoms with van der Waals surface area (Å²) in [7, 11) is 3.06. The van der Waals surface area contributed by atoms with Crippen molar-refractivity contribution in [2.45, 2.75) is 16.1 Å². The molecule has 1 amide bonds. The molecule has 1 unspecified atom stereocenters. The van der Waals surface area contributed by atoms with Crippen LogP contribution >= 0.6 is 34.7 Å². The number of hydrogen-bond acceptors (Lipinski definition) is 9. The summed E-state index contributed by atoms with van der Waals surface area (Å²) in [5.74, 6) is -0.246. The van der Waals surface area contributed by atoms with Gasteiger partial charge in [0.1, 0.15) is 17.3 Å². The average molecular weight is 580 g/mol. The molecule has 2 heterocycles. The van der Waals surface area contributed by atoms with Crippen molar-refractivity contribution in [2.24, 2.45) is 0 Å². The second-order valence-electron chi connectivity index (χ2n) is 8.40. The molecule has 1 N–H and O–H groups in total. The molecule has 5 rings (SSSR count). The normalized spacial score (nSPS) is 16.5. The number of halogens is 1. The number of nitrogens with zero attached hydrogens (tertiary/aromatic N) is 3. The average Bonchev–Trinajstić information content (AvgIpc) is 3.54. The Hall–Kier alpha value is -3.86. The van der Waals surface area contributed by atoms with Crippen LogP contribution in [0.5, 0.6) is 11.5 Å². The van der Waals surface area contributed by atoms with Gasteiger partial charge in [-0.3, -0.25) is 14.5 Å². The zero-order valence-electron chi connectivity index (χ0n) is 20.8. The summed E-state index contributed by atoms with van der Waals surface area (Å²) in [5.41, 5.74) is 1.83. The largest absolute Gasteiger partial charge is 0.507 e. The Bertz CT molecular complexity index is 1570. The molecule has 3 aromatic carbocycles. The second kappa shape index (κ2) is 11.5. The summed E-state index contributed by atoms with van der Waals surface area (Å²) in [5, 5.41) is 20.7. The van der Waals surface area contributed by atoms with Crippen LogP contribution in [0.2, 0.25) is 5.02 Å². The lowest BCUT2D eigenvalue weighted by atomic mass is 9.95. The molecule has 4 aromatic rings. The summed E-state index contributed by atoms with van der Waals surface area (Å²) in [4.78, 5) is 28.1. The van der Waals surface area contributed by atoms with E-state index >= 15 is 0 Å². The molecule has 39 heavy (non-hydrogen) atoms. The zero-order chi connectivity index (χ0) is 27.5. The van der Waals surface area contributed by atoms with Crippen molar-refractivity contribution < 1.29 is 24.2 Å². The minimum atomic E-state index is -0.948. The third kappa shape index (κ3) is 5.36. The number of amides is 1. The summed E-state index contributed by atoms with van der Waals surface area (Å²) in [6, 6.07) is 20.1. The van der Waals surface area contributed by atoms with Crippen LogP contribution in [-0.2, 0) is 15.3 Å². The molecule has 0 aliphatic carbocycles. The van der Waals surface area contributed by atoms with E-state index in [0.717, 1.165) is 5.56 Å². The van der Waals surface area contributed by atoms with Gasteiger partial charge in [0, 0.05) is 16.3 Å². The number of ether oxygens (including phenoxy) is 2. The number of carbonyl (C=O) groups excluding carboxylic acids is 2. The molecule has 1 fully saturated rings. The molecule has 1 aliphatic rings. The molecule has 0 saturated carbocycles. The van der Waals surface area contributed by atoms with Crippen molar-refractivity contribution >= 4 is 57.3 Å². The lowest BCUT2D eigenvalue weighted by molar-refractivity contribution is -0.132. The molecule has 198 valence electrons. The Balaban J connectivity index is 1.55. The standard InChI is InChI=1S/C28H22ClN3O5S2/c1-36-19-12-10-16(11-13-19)24(33)22-23(17-7-5-8-20(14-17)37-2)32(26(35)25(22)34)27-30-31-28(39-27)38-15-18-6-3-4-9-21(18)29/h3-14,23,33H,15H2,1-2H3/b24-22-. The number of rotatable bonds is 8. The third-order valence-corrected chi connectivity index (χ3v) is 8.60. The SMILES string of the molecule is COc1ccc(/C(O)=C2/C(=O)C(=O)N(c3nnc(SCc4ccccc4Cl)s3)C2c2cccc(OC)c2)cc1. The van der Waals surface area contributed by atoms with Crippen LogP contribution in [-0.4, -0.2) is 41.2 Å². The van der Waals surface area contributed by atoms with E-state index in [9.17, 15) is 14.7 Å². The fourth-order valence-corrected chi connectivity index (χ4v) is 6.33. The van der Waals surface area contributed by atoms with Gasteiger partial charge < -0.3 is 14.6 Å². The Kier molecular flexibility index (Phi) is 7.87. The van der Waals surface area contributed by atoms with Gasteiger partial charge in [-0.1, -0.05) is 65.0 Å². The highest BCUT2D eigenvalue weighted by molar-refractivity contribution is 8.00. The first-order valence-corrected chi connectivity index (χ1v) is 13.9. The van der Waals surface area contributed by atoms with E-state index in [1.54, 1.807) is 48.5 Å². The van der Waals surface area contributed by atoms with Crippen LogP contribution in [0.3, 0.4) is 0 Å². The molecular weight excluding hydrogens is 558 g/mol. The van der Waals surface area contributed by atoms with E-state index < -0.39 is 17.7 Å². The van der Waals surface area contributed by atoms with Crippen LogP contribution in [0.15, 0.2) is 82.7 Å². The molecule has 0 bridgehead atoms. The van der Waals surface area contributed by atoms with E-state index in [1.165, 1.54) is 42.2 Å². The van der Waals surface area contributed by atoms with Crippen molar-refractivity contribution in [3.05, 3.63) is 100 Å². The molecular formula is C28H22ClN3O5S2. The van der Waals surface area contributed by atoms with Gasteiger partial charge in [0.05, 0.1) is 25.8 Å². The van der Waals surface area contributed by atoms with Crippen molar-refractivity contribution in [3.63, 3.8) is 0 Å². The fraction of sp³-hybridized carbons (Fsp3) is 0.143. The van der Waals surface area contributed by atoms with Crippen LogP contribution in [0.1, 0.15) is 22.7 Å². The molecule has 0 radical (unpaired) electrons. The summed E-state index contributed by atoms with van der Waals surface area (Å²) < 4.78 is 11.2. The first kappa shape index (κ1) is 26.7. The van der Waals surface area contributed by atoms with E-state index in [1.807, 2.05) is 24.3 Å². The zero-order valence-corrected chi connectivity index (χ0v) is 23.2. The lowest BCUT2D eigenvalue weighted by Gasteiger charge is -2.23. The minimum absolute atomic E-state index is 0.0566. The summed E-state index contributed by atoms with van der Waals surface area (Å²) >= 11 is 8.88. The number of aliphatic hydroxyl groups is 1. The third-order valence-electron chi connectivity index (χ3n) is 6.13. The fourth-order valence-electron chi connectivity index (χ4n) is 4.17. The van der Waals surface area contributed by atoms with Gasteiger partial charge in [0.25, 0.3) is 5.78 Å². The monoisotopic (exact) mass is 579 g/mol. The number of methoxy groups -OCH3 is 2. The number of benzene rings is 3. The van der Waals surface area contributed by atoms with Gasteiger partial charge in [-0.25, -0.2) is 0 Å². The van der Waals surface area contributed by atoms with Crippen molar-refractivity contribution in [2.75, 3.05) is 19.1 Å². The number of thioether (sulfide) groups is 1. The second-order valence-corrected chi connectivity index (χ2v) is 11.0. The molecule has 1 saturated heterocycles. The van der Waals surface area contributed by atoms with Gasteiger partial charge in [-0.15, -0.1) is 10.2 Å². The van der Waals surface area contributed by atoms with Crippen molar-refractivity contribution in [1.29, 1.82) is 0 Å². The van der Waals surface area contributed by atoms with Crippen LogP contribution in [0.25, 0.3) is 5.76 Å². The van der Waals surface area contributed by atoms with E-state index in [2.05, 4.69) is 10.2 Å². The number of ketones is 1. The maximum atomic E-state index is 13.4. The molecule has 11 heteroatoms. The van der Waals surface area contributed by atoms with E-state index in [0.29, 0.717) is 37.7 Å². The van der Waals surface area contributed by atoms with Crippen molar-refractivity contribution in [3.8, 4) is 11.5 Å². The topological polar surface area (TPSA) is 102 Å². The lowest BCUT2D eigenvalue weighted by Crippen LogP contribution is -2.29. The van der Waals surface area contributed by atoms with Gasteiger partial charge in [0.15, 0.2) is 4.34 Å². The van der Waals surface area contributed by atoms with Gasteiger partial charge >= 0.3 is 5.91 Å². The summed E-state index contributed by atoms with van der Waals surface area (Å²) in [6.45, 7) is 0. The van der Waals surface area contributed by atoms with E-state index in [4.69, 9.17) is 21.1 Å². The molecule has 1 atom stereocenters. The minimum Gasteiger partial charge on any atom is -0.507 e. The smallest absolute Gasteiger partial charge is 0.301 e. The number of hydrogen-bond donors (Lipinski definition) is 1. The highest BCUT2D eigenvalue weighted by Gasteiger charge is 2.48. The predicted molar refractivity (Wildman–Crippen MR) is 152 cm³/mol. The van der Waals surface area contributed by atoms with Crippen LogP contribution in [0.4, 0.5) is 5.13 Å². The maximum Gasteiger partial charge on any atom is 0.301 e. The Morgan fingerprint density at radius 2 is 1.74 bits per heavy atom. The van der Waals surface area contributed by atoms with Gasteiger partial charge in [-0.2, -0.15) is 0 Å². The van der Waals surface area contributed by atoms with Gasteiger partial charge in [0.2, 0.25) is 5.13 Å². The predicted octanol–water partition coefficient (Wildman–Crippen LogP) is 6.13. The Morgan fingerprint density at radius 1 is 1.00 bits per heavy atom. The molecule has 1 aliphatic heterocycles. The Labute approximate surface area is 237 Å². The van der Waals surface area contributed by atoms with Crippen LogP contribution in [0, 0.1) is 0 Å². The highest BCUT2D eigenvalue weighted by atomic mass is 35.5. The maximum absolute atomic E-state index is 13.4. The number of aromatic nitrogens is 2.